The predicted molar refractivity (Wildman–Crippen MR) is 61.0 cm³/mol. The van der Waals surface area contributed by atoms with Crippen molar-refractivity contribution in [3.8, 4) is 0 Å². The molecule has 1 aromatic carbocycles. The van der Waals surface area contributed by atoms with Crippen molar-refractivity contribution in [2.24, 2.45) is 5.73 Å². The lowest BCUT2D eigenvalue weighted by molar-refractivity contribution is 0.0986. The number of rotatable bonds is 3. The van der Waals surface area contributed by atoms with Gasteiger partial charge < -0.3 is 10.7 Å². The molecule has 0 fully saturated rings. The lowest BCUT2D eigenvalue weighted by atomic mass is 10.0. The predicted octanol–water partition coefficient (Wildman–Crippen LogP) is 2.15. The van der Waals surface area contributed by atoms with Gasteiger partial charge in [-0.15, -0.1) is 0 Å². The maximum Gasteiger partial charge on any atom is 0.166 e. The van der Waals surface area contributed by atoms with Crippen LogP contribution in [0.3, 0.4) is 0 Å². The van der Waals surface area contributed by atoms with Gasteiger partial charge in [0.1, 0.15) is 5.82 Å². The van der Waals surface area contributed by atoms with Crippen LogP contribution in [-0.4, -0.2) is 17.3 Å². The number of nitrogens with one attached hydrogen (secondary N) is 1. The summed E-state index contributed by atoms with van der Waals surface area (Å²) in [6.45, 7) is 2.04. The number of carbonyl (C=O) groups is 1. The Labute approximate surface area is 92.4 Å². The monoisotopic (exact) mass is 220 g/mol. The Hall–Kier alpha value is -1.68. The van der Waals surface area contributed by atoms with Crippen LogP contribution in [0.25, 0.3) is 10.9 Å². The number of Topliss-reactive ketones (excluding diaryl/α,β-unsaturated/α-hetero) is 1. The van der Waals surface area contributed by atoms with Crippen LogP contribution in [0.5, 0.6) is 0 Å². The lowest BCUT2D eigenvalue weighted by Crippen LogP contribution is -2.09. The topological polar surface area (TPSA) is 58.9 Å². The highest BCUT2D eigenvalue weighted by atomic mass is 19.1. The molecule has 1 aromatic heterocycles. The number of H-pyrrole nitrogens is 1. The molecule has 0 bridgehead atoms. The molecule has 0 unspecified atom stereocenters. The molecule has 0 saturated carbocycles. The average molecular weight is 220 g/mol. The van der Waals surface area contributed by atoms with Crippen molar-refractivity contribution in [1.29, 1.82) is 0 Å². The van der Waals surface area contributed by atoms with E-state index >= 15 is 0 Å². The number of halogens is 1. The van der Waals surface area contributed by atoms with Crippen LogP contribution in [-0.2, 0) is 0 Å². The van der Waals surface area contributed by atoms with Crippen LogP contribution in [0.1, 0.15) is 22.5 Å². The number of aromatic nitrogens is 1. The van der Waals surface area contributed by atoms with E-state index in [4.69, 9.17) is 5.73 Å². The molecular formula is C12H13FN2O. The maximum absolute atomic E-state index is 13.7. The zero-order valence-corrected chi connectivity index (χ0v) is 9.01. The Morgan fingerprint density at radius 1 is 1.50 bits per heavy atom. The number of ketones is 1. The zero-order valence-electron chi connectivity index (χ0n) is 9.01. The molecule has 3 N–H and O–H groups in total. The number of fused-ring (bicyclic) bond motifs is 1. The fourth-order valence-electron chi connectivity index (χ4n) is 1.94. The van der Waals surface area contributed by atoms with E-state index in [0.29, 0.717) is 22.2 Å². The smallest absolute Gasteiger partial charge is 0.166 e. The number of aryl methyl sites for hydroxylation is 1. The summed E-state index contributed by atoms with van der Waals surface area (Å²) in [4.78, 5) is 14.8. The summed E-state index contributed by atoms with van der Waals surface area (Å²) in [5.74, 6) is -0.487. The van der Waals surface area contributed by atoms with Crippen LogP contribution >= 0.6 is 0 Å². The van der Waals surface area contributed by atoms with E-state index in [-0.39, 0.29) is 24.6 Å². The molecule has 16 heavy (non-hydrogen) atoms. The second-order valence-corrected chi connectivity index (χ2v) is 3.75. The third-order valence-electron chi connectivity index (χ3n) is 2.61. The lowest BCUT2D eigenvalue weighted by Gasteiger charge is -1.99. The summed E-state index contributed by atoms with van der Waals surface area (Å²) < 4.78 is 13.7. The molecule has 3 nitrogen and oxygen atoms in total. The number of aromatic amines is 1. The van der Waals surface area contributed by atoms with Crippen LogP contribution in [0.2, 0.25) is 0 Å². The fraction of sp³-hybridized carbons (Fsp3) is 0.250. The van der Waals surface area contributed by atoms with Crippen molar-refractivity contribution in [3.63, 3.8) is 0 Å². The van der Waals surface area contributed by atoms with E-state index in [9.17, 15) is 9.18 Å². The molecule has 0 aliphatic carbocycles. The van der Waals surface area contributed by atoms with Gasteiger partial charge in [0.2, 0.25) is 0 Å². The van der Waals surface area contributed by atoms with Crippen molar-refractivity contribution in [2.75, 3.05) is 6.54 Å². The molecule has 0 aliphatic rings. The SMILES string of the molecule is Cc1[nH]c2cccc(F)c2c1C(=O)CCN. The minimum Gasteiger partial charge on any atom is -0.358 e. The molecule has 0 amide bonds. The first-order chi connectivity index (χ1) is 7.65. The highest BCUT2D eigenvalue weighted by molar-refractivity contribution is 6.09. The summed E-state index contributed by atoms with van der Waals surface area (Å²) in [6, 6.07) is 4.73. The molecular weight excluding hydrogens is 207 g/mol. The molecule has 0 spiro atoms. The second kappa shape index (κ2) is 4.06. The highest BCUT2D eigenvalue weighted by Gasteiger charge is 2.17. The first-order valence-corrected chi connectivity index (χ1v) is 5.15. The van der Waals surface area contributed by atoms with Gasteiger partial charge in [-0.25, -0.2) is 4.39 Å². The minimum absolute atomic E-state index is 0.114. The number of hydrogen-bond donors (Lipinski definition) is 2. The van der Waals surface area contributed by atoms with E-state index in [1.807, 2.05) is 0 Å². The number of carbonyl (C=O) groups excluding carboxylic acids is 1. The quantitative estimate of drug-likeness (QED) is 0.778. The van der Waals surface area contributed by atoms with E-state index in [0.717, 1.165) is 0 Å². The van der Waals surface area contributed by atoms with Gasteiger partial charge in [-0.3, -0.25) is 4.79 Å². The Kier molecular flexibility index (Phi) is 2.75. The Bertz CT molecular complexity index is 545. The fourth-order valence-corrected chi connectivity index (χ4v) is 1.94. The second-order valence-electron chi connectivity index (χ2n) is 3.75. The third kappa shape index (κ3) is 1.61. The zero-order chi connectivity index (χ0) is 11.7. The third-order valence-corrected chi connectivity index (χ3v) is 2.61. The van der Waals surface area contributed by atoms with Gasteiger partial charge >= 0.3 is 0 Å². The highest BCUT2D eigenvalue weighted by Crippen LogP contribution is 2.25. The van der Waals surface area contributed by atoms with Crippen LogP contribution in [0.4, 0.5) is 4.39 Å². The Morgan fingerprint density at radius 2 is 2.25 bits per heavy atom. The van der Waals surface area contributed by atoms with Crippen molar-refractivity contribution in [3.05, 3.63) is 35.3 Å². The summed E-state index contributed by atoms with van der Waals surface area (Å²) in [5, 5.41) is 0.374. The summed E-state index contributed by atoms with van der Waals surface area (Å²) in [5.41, 5.74) is 7.12. The van der Waals surface area contributed by atoms with E-state index in [1.165, 1.54) is 6.07 Å². The number of nitrogens with two attached hydrogens (primary N) is 1. The number of benzene rings is 1. The Morgan fingerprint density at radius 3 is 2.94 bits per heavy atom. The van der Waals surface area contributed by atoms with Gasteiger partial charge in [0.15, 0.2) is 5.78 Å². The van der Waals surface area contributed by atoms with E-state index in [2.05, 4.69) is 4.98 Å². The molecule has 0 aliphatic heterocycles. The van der Waals surface area contributed by atoms with Crippen LogP contribution < -0.4 is 5.73 Å². The van der Waals surface area contributed by atoms with E-state index in [1.54, 1.807) is 19.1 Å². The standard InChI is InChI=1S/C12H13FN2O/c1-7-11(10(16)5-6-14)12-8(13)3-2-4-9(12)15-7/h2-4,15H,5-6,14H2,1H3. The minimum atomic E-state index is -0.373. The maximum atomic E-state index is 13.7. The summed E-state index contributed by atoms with van der Waals surface area (Å²) in [6.07, 6.45) is 0.238. The van der Waals surface area contributed by atoms with Gasteiger partial charge in [-0.2, -0.15) is 0 Å². The van der Waals surface area contributed by atoms with Gasteiger partial charge in [-0.1, -0.05) is 6.07 Å². The molecule has 2 aromatic rings. The Balaban J connectivity index is 2.68. The van der Waals surface area contributed by atoms with Crippen molar-refractivity contribution in [1.82, 2.24) is 4.98 Å². The molecule has 0 saturated heterocycles. The normalized spacial score (nSPS) is 10.9. The van der Waals surface area contributed by atoms with Gasteiger partial charge in [0, 0.05) is 28.6 Å². The van der Waals surface area contributed by atoms with Crippen LogP contribution in [0, 0.1) is 12.7 Å². The van der Waals surface area contributed by atoms with Gasteiger partial charge in [0.25, 0.3) is 0 Å². The molecule has 1 heterocycles. The number of hydrogen-bond acceptors (Lipinski definition) is 2. The van der Waals surface area contributed by atoms with Gasteiger partial charge in [-0.05, 0) is 25.6 Å². The van der Waals surface area contributed by atoms with E-state index < -0.39 is 0 Å². The first-order valence-electron chi connectivity index (χ1n) is 5.15. The van der Waals surface area contributed by atoms with Crippen molar-refractivity contribution >= 4 is 16.7 Å². The molecule has 0 radical (unpaired) electrons. The van der Waals surface area contributed by atoms with Gasteiger partial charge in [0.05, 0.1) is 0 Å². The largest absolute Gasteiger partial charge is 0.358 e. The average Bonchev–Trinajstić information content (AvgIpc) is 2.56. The summed E-state index contributed by atoms with van der Waals surface area (Å²) >= 11 is 0. The molecule has 84 valence electrons. The van der Waals surface area contributed by atoms with Crippen molar-refractivity contribution < 1.29 is 9.18 Å². The van der Waals surface area contributed by atoms with Crippen LogP contribution in [0.15, 0.2) is 18.2 Å². The molecule has 0 atom stereocenters. The molecule has 4 heteroatoms. The molecule has 2 rings (SSSR count). The summed E-state index contributed by atoms with van der Waals surface area (Å²) in [7, 11) is 0. The van der Waals surface area contributed by atoms with Crippen molar-refractivity contribution in [2.45, 2.75) is 13.3 Å². The first kappa shape index (κ1) is 10.8.